The van der Waals surface area contributed by atoms with E-state index < -0.39 is 10.8 Å². The monoisotopic (exact) mass is 234 g/mol. The van der Waals surface area contributed by atoms with Crippen LogP contribution in [0.15, 0.2) is 11.1 Å². The number of allylic oxidation sites excluding steroid dienone is 2. The van der Waals surface area contributed by atoms with E-state index in [4.69, 9.17) is 4.74 Å². The molecule has 0 unspecified atom stereocenters. The van der Waals surface area contributed by atoms with Crippen LogP contribution >= 0.6 is 0 Å². The molecule has 3 heteroatoms. The Morgan fingerprint density at radius 3 is 1.71 bits per heavy atom. The highest BCUT2D eigenvalue weighted by Gasteiger charge is 2.69. The van der Waals surface area contributed by atoms with Crippen molar-refractivity contribution in [3.05, 3.63) is 11.1 Å². The van der Waals surface area contributed by atoms with Gasteiger partial charge in [0.25, 0.3) is 0 Å². The number of hydrogen-bond acceptors (Lipinski definition) is 3. The van der Waals surface area contributed by atoms with Gasteiger partial charge in [-0.25, -0.2) is 0 Å². The van der Waals surface area contributed by atoms with E-state index in [-0.39, 0.29) is 11.9 Å². The van der Waals surface area contributed by atoms with Crippen molar-refractivity contribution < 1.29 is 14.3 Å². The fourth-order valence-corrected chi connectivity index (χ4v) is 4.07. The normalized spacial score (nSPS) is 41.1. The van der Waals surface area contributed by atoms with Crippen molar-refractivity contribution in [3.8, 4) is 0 Å². The lowest BCUT2D eigenvalue weighted by Gasteiger charge is -2.47. The Balaban J connectivity index is 2.19. The number of rotatable bonds is 0. The van der Waals surface area contributed by atoms with Crippen LogP contribution in [0.1, 0.15) is 52.4 Å². The van der Waals surface area contributed by atoms with Gasteiger partial charge in [0, 0.05) is 0 Å². The van der Waals surface area contributed by atoms with Crippen molar-refractivity contribution in [2.75, 3.05) is 0 Å². The van der Waals surface area contributed by atoms with Gasteiger partial charge in [-0.15, -0.1) is 0 Å². The van der Waals surface area contributed by atoms with Crippen LogP contribution in [0, 0.1) is 10.8 Å². The standard InChI is InChI=1S/C14H18O3/c1-9-7-13-5-3-4-6-14(13,8-10(9)2)12(16)17-11(13)15/h3-8H2,1-2H3/t13-,14+. The maximum absolute atomic E-state index is 12.2. The van der Waals surface area contributed by atoms with E-state index in [1.54, 1.807) is 0 Å². The van der Waals surface area contributed by atoms with Crippen molar-refractivity contribution in [3.63, 3.8) is 0 Å². The fraction of sp³-hybridized carbons (Fsp3) is 0.714. The molecule has 92 valence electrons. The van der Waals surface area contributed by atoms with E-state index in [9.17, 15) is 9.59 Å². The third kappa shape index (κ3) is 1.12. The summed E-state index contributed by atoms with van der Waals surface area (Å²) < 4.78 is 5.03. The van der Waals surface area contributed by atoms with E-state index in [0.29, 0.717) is 0 Å². The molecular weight excluding hydrogens is 216 g/mol. The smallest absolute Gasteiger partial charge is 0.321 e. The molecule has 3 nitrogen and oxygen atoms in total. The summed E-state index contributed by atoms with van der Waals surface area (Å²) in [7, 11) is 0. The summed E-state index contributed by atoms with van der Waals surface area (Å²) in [4.78, 5) is 24.3. The molecule has 0 aromatic carbocycles. The van der Waals surface area contributed by atoms with Gasteiger partial charge in [-0.05, 0) is 39.5 Å². The van der Waals surface area contributed by atoms with Crippen LogP contribution in [0.2, 0.25) is 0 Å². The minimum Gasteiger partial charge on any atom is -0.392 e. The highest BCUT2D eigenvalue weighted by atomic mass is 16.6. The van der Waals surface area contributed by atoms with E-state index in [1.807, 2.05) is 0 Å². The molecule has 3 aliphatic rings. The molecule has 1 saturated heterocycles. The van der Waals surface area contributed by atoms with Gasteiger partial charge in [0.15, 0.2) is 0 Å². The first-order valence-corrected chi connectivity index (χ1v) is 6.44. The lowest BCUT2D eigenvalue weighted by atomic mass is 9.50. The quantitative estimate of drug-likeness (QED) is 0.368. The zero-order valence-electron chi connectivity index (χ0n) is 10.5. The van der Waals surface area contributed by atoms with Crippen LogP contribution in [-0.2, 0) is 14.3 Å². The Bertz CT molecular complexity index is 408. The van der Waals surface area contributed by atoms with Gasteiger partial charge in [0.1, 0.15) is 0 Å². The van der Waals surface area contributed by atoms with Crippen LogP contribution in [0.4, 0.5) is 0 Å². The molecular formula is C14H18O3. The van der Waals surface area contributed by atoms with Gasteiger partial charge in [-0.3, -0.25) is 9.59 Å². The molecule has 0 spiro atoms. The maximum Gasteiger partial charge on any atom is 0.321 e. The lowest BCUT2D eigenvalue weighted by molar-refractivity contribution is -0.155. The largest absolute Gasteiger partial charge is 0.392 e. The molecule has 3 rings (SSSR count). The molecule has 0 aromatic rings. The average Bonchev–Trinajstić information content (AvgIpc) is 2.50. The van der Waals surface area contributed by atoms with Crippen molar-refractivity contribution in [1.82, 2.24) is 0 Å². The maximum atomic E-state index is 12.2. The Labute approximate surface area is 101 Å². The first-order valence-electron chi connectivity index (χ1n) is 6.44. The summed E-state index contributed by atoms with van der Waals surface area (Å²) in [6, 6.07) is 0. The summed E-state index contributed by atoms with van der Waals surface area (Å²) in [5.41, 5.74) is 1.50. The molecule has 2 atom stereocenters. The zero-order chi connectivity index (χ0) is 12.3. The summed E-state index contributed by atoms with van der Waals surface area (Å²) in [6.45, 7) is 4.16. The van der Waals surface area contributed by atoms with E-state index >= 15 is 0 Å². The average molecular weight is 234 g/mol. The molecule has 0 aromatic heterocycles. The third-order valence-electron chi connectivity index (χ3n) is 5.20. The summed E-state index contributed by atoms with van der Waals surface area (Å²) in [6.07, 6.45) is 5.17. The van der Waals surface area contributed by atoms with Gasteiger partial charge in [-0.1, -0.05) is 24.0 Å². The van der Waals surface area contributed by atoms with E-state index in [1.165, 1.54) is 11.1 Å². The lowest BCUT2D eigenvalue weighted by Crippen LogP contribution is -2.49. The predicted molar refractivity (Wildman–Crippen MR) is 62.0 cm³/mol. The minimum atomic E-state index is -0.522. The Morgan fingerprint density at radius 1 is 0.882 bits per heavy atom. The molecule has 1 aliphatic heterocycles. The highest BCUT2D eigenvalue weighted by molar-refractivity contribution is 6.02. The second-order valence-corrected chi connectivity index (χ2v) is 5.96. The van der Waals surface area contributed by atoms with Crippen LogP contribution in [0.25, 0.3) is 0 Å². The molecule has 2 aliphatic carbocycles. The summed E-state index contributed by atoms with van der Waals surface area (Å²) >= 11 is 0. The second kappa shape index (κ2) is 3.21. The number of esters is 2. The number of ether oxygens (including phenoxy) is 1. The molecule has 2 fully saturated rings. The van der Waals surface area contributed by atoms with E-state index in [2.05, 4.69) is 13.8 Å². The van der Waals surface area contributed by atoms with Crippen LogP contribution in [0.5, 0.6) is 0 Å². The zero-order valence-corrected chi connectivity index (χ0v) is 10.5. The third-order valence-corrected chi connectivity index (χ3v) is 5.20. The van der Waals surface area contributed by atoms with Gasteiger partial charge in [0.2, 0.25) is 0 Å². The SMILES string of the molecule is CC1=C(C)C[C@@]23CCCC[C@]2(C1)C(=O)OC3=O. The summed E-state index contributed by atoms with van der Waals surface area (Å²) in [5, 5.41) is 0. The number of cyclic esters (lactones) is 2. The molecule has 1 saturated carbocycles. The van der Waals surface area contributed by atoms with Crippen LogP contribution < -0.4 is 0 Å². The van der Waals surface area contributed by atoms with Gasteiger partial charge in [-0.2, -0.15) is 0 Å². The van der Waals surface area contributed by atoms with Crippen molar-refractivity contribution in [1.29, 1.82) is 0 Å². The fourth-order valence-electron chi connectivity index (χ4n) is 4.07. The van der Waals surface area contributed by atoms with E-state index in [0.717, 1.165) is 38.5 Å². The Morgan fingerprint density at radius 2 is 1.29 bits per heavy atom. The molecule has 0 amide bonds. The van der Waals surface area contributed by atoms with Gasteiger partial charge < -0.3 is 4.74 Å². The molecule has 0 N–H and O–H groups in total. The number of carbonyl (C=O) groups excluding carboxylic acids is 2. The molecule has 0 bridgehead atoms. The summed E-state index contributed by atoms with van der Waals surface area (Å²) in [5.74, 6) is -0.511. The number of carbonyl (C=O) groups is 2. The van der Waals surface area contributed by atoms with Gasteiger partial charge in [0.05, 0.1) is 10.8 Å². The number of hydrogen-bond donors (Lipinski definition) is 0. The highest BCUT2D eigenvalue weighted by Crippen LogP contribution is 2.64. The predicted octanol–water partition coefficient (Wildman–Crippen LogP) is 2.75. The molecule has 1 heterocycles. The second-order valence-electron chi connectivity index (χ2n) is 5.96. The van der Waals surface area contributed by atoms with Gasteiger partial charge >= 0.3 is 11.9 Å². The first kappa shape index (κ1) is 11.0. The van der Waals surface area contributed by atoms with Crippen molar-refractivity contribution in [2.45, 2.75) is 52.4 Å². The van der Waals surface area contributed by atoms with Crippen molar-refractivity contribution in [2.24, 2.45) is 10.8 Å². The minimum absolute atomic E-state index is 0.256. The topological polar surface area (TPSA) is 43.4 Å². The first-order chi connectivity index (χ1) is 8.02. The Hall–Kier alpha value is -1.12. The van der Waals surface area contributed by atoms with Crippen LogP contribution in [0.3, 0.4) is 0 Å². The molecule has 0 radical (unpaired) electrons. The van der Waals surface area contributed by atoms with Crippen LogP contribution in [-0.4, -0.2) is 11.9 Å². The molecule has 17 heavy (non-hydrogen) atoms. The Kier molecular flexibility index (Phi) is 2.08. The van der Waals surface area contributed by atoms with Crippen molar-refractivity contribution >= 4 is 11.9 Å².